The molecule has 25 heavy (non-hydrogen) atoms. The highest BCUT2D eigenvalue weighted by molar-refractivity contribution is 7.80. The Morgan fingerprint density at radius 1 is 1.40 bits per heavy atom. The molecule has 1 heterocycles. The molecule has 0 fully saturated rings. The topological polar surface area (TPSA) is 116 Å². The molecule has 0 spiro atoms. The number of amidine groups is 1. The largest absolute Gasteiger partial charge is 0.503 e. The van der Waals surface area contributed by atoms with Crippen LogP contribution in [0.25, 0.3) is 6.08 Å². The number of nitrogens with zero attached hydrogens (tertiary/aromatic N) is 2. The van der Waals surface area contributed by atoms with Gasteiger partial charge in [-0.2, -0.15) is 17.0 Å². The minimum absolute atomic E-state index is 0.0341. The van der Waals surface area contributed by atoms with Crippen molar-refractivity contribution in [2.75, 3.05) is 12.3 Å². The van der Waals surface area contributed by atoms with Gasteiger partial charge >= 0.3 is 5.97 Å². The molecule has 1 aromatic rings. The molecule has 0 saturated carbocycles. The Balaban J connectivity index is 2.52. The maximum absolute atomic E-state index is 13.8. The van der Waals surface area contributed by atoms with Crippen LogP contribution in [0.15, 0.2) is 16.8 Å². The van der Waals surface area contributed by atoms with Crippen molar-refractivity contribution < 1.29 is 33.0 Å². The number of benzene rings is 1. The van der Waals surface area contributed by atoms with Gasteiger partial charge in [0, 0.05) is 11.3 Å². The summed E-state index contributed by atoms with van der Waals surface area (Å²) in [5.74, 6) is -8.70. The van der Waals surface area contributed by atoms with Crippen molar-refractivity contribution in [2.24, 2.45) is 10.7 Å². The van der Waals surface area contributed by atoms with Gasteiger partial charge in [-0.05, 0) is 12.1 Å². The minimum Gasteiger partial charge on any atom is -0.503 e. The van der Waals surface area contributed by atoms with Crippen LogP contribution in [0.1, 0.15) is 5.56 Å². The number of aliphatic imine (C=N–C) groups is 1. The molecular weight excluding hydrogens is 363 g/mol. The third kappa shape index (κ3) is 3.61. The summed E-state index contributed by atoms with van der Waals surface area (Å²) in [5, 5.41) is 17.9. The molecule has 1 aliphatic heterocycles. The van der Waals surface area contributed by atoms with E-state index in [1.54, 1.807) is 0 Å². The van der Waals surface area contributed by atoms with Gasteiger partial charge in [-0.15, -0.1) is 0 Å². The number of amides is 1. The predicted octanol–water partition coefficient (Wildman–Crippen LogP) is 0.733. The maximum Gasteiger partial charge on any atom is 0.323 e. The van der Waals surface area contributed by atoms with E-state index in [9.17, 15) is 22.8 Å². The molecule has 0 unspecified atom stereocenters. The van der Waals surface area contributed by atoms with Crippen molar-refractivity contribution in [2.45, 2.75) is 6.04 Å². The summed E-state index contributed by atoms with van der Waals surface area (Å²) in [6.07, 6.45) is 0.732. The zero-order chi connectivity index (χ0) is 18.9. The lowest BCUT2D eigenvalue weighted by molar-refractivity contribution is -0.140. The first-order valence-corrected chi connectivity index (χ1v) is 7.37. The van der Waals surface area contributed by atoms with Crippen LogP contribution in [0.3, 0.4) is 0 Å². The van der Waals surface area contributed by atoms with Gasteiger partial charge < -0.3 is 15.9 Å². The van der Waals surface area contributed by atoms with Crippen molar-refractivity contribution in [3.8, 4) is 5.75 Å². The number of phenolic OH excluding ortho intramolecular Hbond substituents is 1. The Hall–Kier alpha value is -2.53. The highest BCUT2D eigenvalue weighted by Gasteiger charge is 2.34. The highest BCUT2D eigenvalue weighted by atomic mass is 32.1. The van der Waals surface area contributed by atoms with E-state index in [1.165, 1.54) is 0 Å². The lowest BCUT2D eigenvalue weighted by Gasteiger charge is -2.19. The third-order valence-corrected chi connectivity index (χ3v) is 3.65. The van der Waals surface area contributed by atoms with E-state index in [2.05, 4.69) is 17.6 Å². The molecular formula is C14H12F3N3O4S. The number of carboxylic acid groups (broad SMARTS) is 1. The first-order chi connectivity index (χ1) is 11.7. The van der Waals surface area contributed by atoms with Gasteiger partial charge in [-0.1, -0.05) is 0 Å². The summed E-state index contributed by atoms with van der Waals surface area (Å²) in [7, 11) is 0. The van der Waals surface area contributed by atoms with Crippen molar-refractivity contribution >= 4 is 36.4 Å². The second-order valence-electron chi connectivity index (χ2n) is 5.00. The summed E-state index contributed by atoms with van der Waals surface area (Å²) < 4.78 is 40.6. The van der Waals surface area contributed by atoms with Crippen molar-refractivity contribution in [3.63, 3.8) is 0 Å². The lowest BCUT2D eigenvalue weighted by atomic mass is 10.1. The summed E-state index contributed by atoms with van der Waals surface area (Å²) in [6, 6.07) is -0.419. The van der Waals surface area contributed by atoms with E-state index in [1.807, 2.05) is 0 Å². The third-order valence-electron chi connectivity index (χ3n) is 3.25. The Morgan fingerprint density at radius 3 is 2.60 bits per heavy atom. The number of halogens is 3. The normalized spacial score (nSPS) is 17.2. The molecule has 0 radical (unpaired) electrons. The van der Waals surface area contributed by atoms with Crippen LogP contribution in [0.2, 0.25) is 0 Å². The van der Waals surface area contributed by atoms with Crippen LogP contribution in [0, 0.1) is 17.5 Å². The monoisotopic (exact) mass is 375 g/mol. The molecule has 1 atom stereocenters. The van der Waals surface area contributed by atoms with E-state index < -0.39 is 58.9 Å². The second-order valence-corrected chi connectivity index (χ2v) is 5.36. The second kappa shape index (κ2) is 7.15. The average Bonchev–Trinajstić information content (AvgIpc) is 2.86. The van der Waals surface area contributed by atoms with Gasteiger partial charge in [-0.3, -0.25) is 14.5 Å². The number of nitrogens with two attached hydrogens (primary N) is 1. The van der Waals surface area contributed by atoms with Crippen LogP contribution >= 0.6 is 12.6 Å². The standard InChI is InChI=1S/C14H12F3N3O4S/c15-6-1-5(10(16)11(17)12(6)23)2-8-14(24)20(3-9(21)22)13(19-8)7(18)4-25/h1-2,7,23,25H,3-4,18H2,(H,21,22)/b8-2-/t7-/m0/s1. The number of hydrogen-bond donors (Lipinski definition) is 4. The summed E-state index contributed by atoms with van der Waals surface area (Å²) in [4.78, 5) is 27.7. The zero-order valence-corrected chi connectivity index (χ0v) is 13.3. The van der Waals surface area contributed by atoms with Gasteiger partial charge in [0.05, 0.1) is 6.04 Å². The minimum atomic E-state index is -1.82. The fraction of sp³-hybridized carbons (Fsp3) is 0.214. The number of aliphatic carboxylic acids is 1. The first kappa shape index (κ1) is 18.8. The number of rotatable bonds is 5. The van der Waals surface area contributed by atoms with Gasteiger partial charge in [0.15, 0.2) is 17.4 Å². The Bertz CT molecular complexity index is 813. The molecule has 0 aliphatic carbocycles. The van der Waals surface area contributed by atoms with E-state index in [4.69, 9.17) is 15.9 Å². The smallest absolute Gasteiger partial charge is 0.323 e. The summed E-state index contributed by atoms with van der Waals surface area (Å²) >= 11 is 3.94. The van der Waals surface area contributed by atoms with Crippen molar-refractivity contribution in [1.82, 2.24) is 4.90 Å². The van der Waals surface area contributed by atoms with E-state index >= 15 is 0 Å². The Morgan fingerprint density at radius 2 is 2.04 bits per heavy atom. The molecule has 1 aliphatic rings. The van der Waals surface area contributed by atoms with E-state index in [-0.39, 0.29) is 11.6 Å². The number of carbonyl (C=O) groups is 2. The molecule has 2 rings (SSSR count). The van der Waals surface area contributed by atoms with Crippen molar-refractivity contribution in [3.05, 3.63) is 34.8 Å². The van der Waals surface area contributed by atoms with E-state index in [0.717, 1.165) is 11.0 Å². The molecule has 1 aromatic carbocycles. The van der Waals surface area contributed by atoms with Gasteiger partial charge in [0.25, 0.3) is 5.91 Å². The fourth-order valence-electron chi connectivity index (χ4n) is 2.08. The fourth-order valence-corrected chi connectivity index (χ4v) is 2.24. The zero-order valence-electron chi connectivity index (χ0n) is 12.4. The van der Waals surface area contributed by atoms with Crippen molar-refractivity contribution in [1.29, 1.82) is 0 Å². The van der Waals surface area contributed by atoms with Gasteiger partial charge in [-0.25, -0.2) is 13.8 Å². The highest BCUT2D eigenvalue weighted by Crippen LogP contribution is 2.28. The van der Waals surface area contributed by atoms with Crippen LogP contribution in [-0.2, 0) is 9.59 Å². The molecule has 0 aromatic heterocycles. The lowest BCUT2D eigenvalue weighted by Crippen LogP contribution is -2.46. The quantitative estimate of drug-likeness (QED) is 0.344. The molecule has 134 valence electrons. The first-order valence-electron chi connectivity index (χ1n) is 6.74. The number of thiol groups is 1. The number of phenols is 1. The predicted molar refractivity (Wildman–Crippen MR) is 84.6 cm³/mol. The van der Waals surface area contributed by atoms with Crippen LogP contribution in [0.5, 0.6) is 5.75 Å². The summed E-state index contributed by atoms with van der Waals surface area (Å²) in [6.45, 7) is -0.753. The van der Waals surface area contributed by atoms with Gasteiger partial charge in [0.2, 0.25) is 5.82 Å². The molecule has 0 saturated heterocycles. The Labute approximate surface area is 144 Å². The van der Waals surface area contributed by atoms with Crippen LogP contribution in [0.4, 0.5) is 13.2 Å². The average molecular weight is 375 g/mol. The van der Waals surface area contributed by atoms with E-state index in [0.29, 0.717) is 6.07 Å². The molecule has 7 nitrogen and oxygen atoms in total. The van der Waals surface area contributed by atoms with Gasteiger partial charge in [0.1, 0.15) is 18.1 Å². The molecule has 11 heteroatoms. The van der Waals surface area contributed by atoms with Crippen LogP contribution < -0.4 is 5.73 Å². The number of aromatic hydroxyl groups is 1. The maximum atomic E-state index is 13.8. The molecule has 4 N–H and O–H groups in total. The summed E-state index contributed by atoms with van der Waals surface area (Å²) in [5.41, 5.74) is 4.57. The number of carboxylic acids is 1. The number of carbonyl (C=O) groups excluding carboxylic acids is 1. The van der Waals surface area contributed by atoms with Crippen LogP contribution in [-0.4, -0.2) is 51.2 Å². The SMILES string of the molecule is N[C@@H](CS)C1=N/C(=C\c2cc(F)c(O)c(F)c2F)C(=O)N1CC(=O)O. The Kier molecular flexibility index (Phi) is 5.38. The molecule has 0 bridgehead atoms. The molecule has 1 amide bonds. The number of hydrogen-bond acceptors (Lipinski definition) is 6.